The smallest absolute Gasteiger partial charge is 0.165 e. The summed E-state index contributed by atoms with van der Waals surface area (Å²) in [5.41, 5.74) is 1.10. The molecule has 0 aromatic heterocycles. The van der Waals surface area contributed by atoms with Crippen molar-refractivity contribution in [1.29, 1.82) is 0 Å². The van der Waals surface area contributed by atoms with Crippen LogP contribution in [0.2, 0.25) is 0 Å². The molecule has 0 aliphatic carbocycles. The molecule has 0 aliphatic heterocycles. The van der Waals surface area contributed by atoms with Crippen molar-refractivity contribution in [1.82, 2.24) is 5.32 Å². The van der Waals surface area contributed by atoms with Crippen LogP contribution in [-0.4, -0.2) is 32.5 Å². The van der Waals surface area contributed by atoms with Crippen LogP contribution in [0.3, 0.4) is 0 Å². The van der Waals surface area contributed by atoms with Crippen LogP contribution in [0.15, 0.2) is 18.2 Å². The molecule has 0 bridgehead atoms. The minimum absolute atomic E-state index is 0.221. The number of para-hydroxylation sites is 1. The average Bonchev–Trinajstić information content (AvgIpc) is 2.41. The molecule has 0 heterocycles. The number of ether oxygens (including phenoxy) is 3. The van der Waals surface area contributed by atoms with Crippen LogP contribution < -0.4 is 14.8 Å². The van der Waals surface area contributed by atoms with Gasteiger partial charge in [0.15, 0.2) is 11.5 Å². The van der Waals surface area contributed by atoms with Gasteiger partial charge in [-0.05, 0) is 19.9 Å². The lowest BCUT2D eigenvalue weighted by Crippen LogP contribution is -2.22. The highest BCUT2D eigenvalue weighted by Gasteiger charge is 2.11. The maximum atomic E-state index is 5.85. The second-order valence-electron chi connectivity index (χ2n) is 5.25. The second-order valence-corrected chi connectivity index (χ2v) is 5.25. The summed E-state index contributed by atoms with van der Waals surface area (Å²) in [6, 6.07) is 6.38. The van der Waals surface area contributed by atoms with Crippen molar-refractivity contribution in [2.45, 2.75) is 46.4 Å². The fraction of sp³-hybridized carbons (Fsp3) is 0.625. The largest absolute Gasteiger partial charge is 0.493 e. The molecule has 4 nitrogen and oxygen atoms in total. The van der Waals surface area contributed by atoms with Crippen LogP contribution in [0.5, 0.6) is 11.5 Å². The molecule has 1 N–H and O–H groups in total. The average molecular weight is 281 g/mol. The summed E-state index contributed by atoms with van der Waals surface area (Å²) in [4.78, 5) is 0. The molecule has 0 saturated heterocycles. The molecule has 1 aromatic carbocycles. The third-order valence-corrected chi connectivity index (χ3v) is 2.76. The van der Waals surface area contributed by atoms with E-state index in [1.807, 2.05) is 26.0 Å². The van der Waals surface area contributed by atoms with Crippen molar-refractivity contribution in [2.75, 3.05) is 20.3 Å². The lowest BCUT2D eigenvalue weighted by Gasteiger charge is -2.17. The van der Waals surface area contributed by atoms with Crippen LogP contribution in [0.25, 0.3) is 0 Å². The third-order valence-electron chi connectivity index (χ3n) is 2.76. The van der Waals surface area contributed by atoms with Crippen molar-refractivity contribution in [3.63, 3.8) is 0 Å². The van der Waals surface area contributed by atoms with E-state index in [1.54, 1.807) is 7.11 Å². The second kappa shape index (κ2) is 8.82. The highest BCUT2D eigenvalue weighted by molar-refractivity contribution is 5.46. The highest BCUT2D eigenvalue weighted by atomic mass is 16.5. The van der Waals surface area contributed by atoms with Crippen molar-refractivity contribution in [2.24, 2.45) is 0 Å². The molecule has 114 valence electrons. The molecule has 0 saturated carbocycles. The van der Waals surface area contributed by atoms with Crippen molar-refractivity contribution in [3.05, 3.63) is 23.8 Å². The zero-order chi connectivity index (χ0) is 15.0. The molecule has 0 spiro atoms. The Morgan fingerprint density at radius 3 is 2.45 bits per heavy atom. The quantitative estimate of drug-likeness (QED) is 0.706. The lowest BCUT2D eigenvalue weighted by atomic mass is 10.1. The minimum atomic E-state index is 0.221. The molecule has 0 atom stereocenters. The van der Waals surface area contributed by atoms with Crippen LogP contribution in [0.1, 0.15) is 33.3 Å². The molecule has 0 radical (unpaired) electrons. The van der Waals surface area contributed by atoms with Gasteiger partial charge >= 0.3 is 0 Å². The Balaban J connectivity index is 2.68. The van der Waals surface area contributed by atoms with Gasteiger partial charge in [0.1, 0.15) is 6.61 Å². The zero-order valence-electron chi connectivity index (χ0n) is 13.2. The predicted octanol–water partition coefficient (Wildman–Crippen LogP) is 3.00. The van der Waals surface area contributed by atoms with Gasteiger partial charge in [0.2, 0.25) is 0 Å². The maximum Gasteiger partial charge on any atom is 0.165 e. The van der Waals surface area contributed by atoms with Crippen molar-refractivity contribution >= 4 is 0 Å². The van der Waals surface area contributed by atoms with E-state index in [4.69, 9.17) is 14.2 Å². The van der Waals surface area contributed by atoms with Gasteiger partial charge in [-0.3, -0.25) is 0 Å². The topological polar surface area (TPSA) is 39.7 Å². The van der Waals surface area contributed by atoms with E-state index in [2.05, 4.69) is 25.2 Å². The van der Waals surface area contributed by atoms with Gasteiger partial charge in [0, 0.05) is 18.2 Å². The van der Waals surface area contributed by atoms with Crippen LogP contribution in [0, 0.1) is 0 Å². The van der Waals surface area contributed by atoms with E-state index in [0.29, 0.717) is 19.3 Å². The molecule has 4 heteroatoms. The molecule has 0 fully saturated rings. The minimum Gasteiger partial charge on any atom is -0.493 e. The lowest BCUT2D eigenvalue weighted by molar-refractivity contribution is 0.0544. The Labute approximate surface area is 122 Å². The number of methoxy groups -OCH3 is 1. The number of hydrogen-bond donors (Lipinski definition) is 1. The number of benzene rings is 1. The van der Waals surface area contributed by atoms with E-state index in [0.717, 1.165) is 23.6 Å². The van der Waals surface area contributed by atoms with Crippen molar-refractivity contribution in [3.8, 4) is 11.5 Å². The molecule has 1 aromatic rings. The number of rotatable bonds is 9. The van der Waals surface area contributed by atoms with Gasteiger partial charge in [0.25, 0.3) is 0 Å². The van der Waals surface area contributed by atoms with Gasteiger partial charge in [-0.1, -0.05) is 26.0 Å². The fourth-order valence-corrected chi connectivity index (χ4v) is 1.77. The summed E-state index contributed by atoms with van der Waals surface area (Å²) in [6.45, 7) is 10.1. The summed E-state index contributed by atoms with van der Waals surface area (Å²) < 4.78 is 16.7. The SMILES string of the molecule is COc1cccc(CNC(C)C)c1OCCOC(C)C. The standard InChI is InChI=1S/C16H27NO3/c1-12(2)17-11-14-7-6-8-15(18-5)16(14)20-10-9-19-13(3)4/h6-8,12-13,17H,9-11H2,1-5H3. The first-order chi connectivity index (χ1) is 9.54. The first kappa shape index (κ1) is 16.8. The van der Waals surface area contributed by atoms with E-state index >= 15 is 0 Å². The molecule has 20 heavy (non-hydrogen) atoms. The molecular formula is C16H27NO3. The molecular weight excluding hydrogens is 254 g/mol. The maximum absolute atomic E-state index is 5.85. The predicted molar refractivity (Wildman–Crippen MR) is 81.6 cm³/mol. The normalized spacial score (nSPS) is 11.2. The number of nitrogens with one attached hydrogen (secondary N) is 1. The van der Waals surface area contributed by atoms with E-state index in [1.165, 1.54) is 0 Å². The molecule has 1 rings (SSSR count). The Kier molecular flexibility index (Phi) is 7.41. The van der Waals surface area contributed by atoms with Crippen LogP contribution >= 0.6 is 0 Å². The van der Waals surface area contributed by atoms with E-state index in [9.17, 15) is 0 Å². The van der Waals surface area contributed by atoms with Gasteiger partial charge in [-0.2, -0.15) is 0 Å². The molecule has 0 amide bonds. The molecule has 0 aliphatic rings. The van der Waals surface area contributed by atoms with Crippen molar-refractivity contribution < 1.29 is 14.2 Å². The fourth-order valence-electron chi connectivity index (χ4n) is 1.77. The zero-order valence-corrected chi connectivity index (χ0v) is 13.2. The summed E-state index contributed by atoms with van der Waals surface area (Å²) >= 11 is 0. The van der Waals surface area contributed by atoms with Crippen LogP contribution in [-0.2, 0) is 11.3 Å². The Morgan fingerprint density at radius 2 is 1.85 bits per heavy atom. The summed E-state index contributed by atoms with van der Waals surface area (Å²) in [5.74, 6) is 1.56. The van der Waals surface area contributed by atoms with Gasteiger partial charge in [-0.25, -0.2) is 0 Å². The van der Waals surface area contributed by atoms with Gasteiger partial charge in [-0.15, -0.1) is 0 Å². The van der Waals surface area contributed by atoms with Gasteiger partial charge < -0.3 is 19.5 Å². The summed E-state index contributed by atoms with van der Waals surface area (Å²) in [6.07, 6.45) is 0.221. The first-order valence-corrected chi connectivity index (χ1v) is 7.18. The Morgan fingerprint density at radius 1 is 1.10 bits per heavy atom. The first-order valence-electron chi connectivity index (χ1n) is 7.18. The van der Waals surface area contributed by atoms with Gasteiger partial charge in [0.05, 0.1) is 19.8 Å². The van der Waals surface area contributed by atoms with Crippen LogP contribution in [0.4, 0.5) is 0 Å². The number of hydrogen-bond acceptors (Lipinski definition) is 4. The molecule has 0 unspecified atom stereocenters. The Bertz CT molecular complexity index is 391. The summed E-state index contributed by atoms with van der Waals surface area (Å²) in [5, 5.41) is 3.40. The van der Waals surface area contributed by atoms with E-state index in [-0.39, 0.29) is 6.10 Å². The van der Waals surface area contributed by atoms with E-state index < -0.39 is 0 Å². The monoisotopic (exact) mass is 281 g/mol. The highest BCUT2D eigenvalue weighted by Crippen LogP contribution is 2.31. The third kappa shape index (κ3) is 5.80. The summed E-state index contributed by atoms with van der Waals surface area (Å²) in [7, 11) is 1.66. The Hall–Kier alpha value is -1.26.